The highest BCUT2D eigenvalue weighted by Gasteiger charge is 2.35. The highest BCUT2D eigenvalue weighted by Crippen LogP contribution is 2.35. The van der Waals surface area contributed by atoms with Crippen LogP contribution < -0.4 is 9.64 Å². The Balaban J connectivity index is 1.63. The lowest BCUT2D eigenvalue weighted by molar-refractivity contribution is -0.140. The van der Waals surface area contributed by atoms with Crippen molar-refractivity contribution in [2.24, 2.45) is 5.41 Å². The van der Waals surface area contributed by atoms with Gasteiger partial charge in [0.2, 0.25) is 11.8 Å². The van der Waals surface area contributed by atoms with Crippen LogP contribution in [0.2, 0.25) is 0 Å². The Bertz CT molecular complexity index is 1040. The van der Waals surface area contributed by atoms with Crippen LogP contribution >= 0.6 is 0 Å². The summed E-state index contributed by atoms with van der Waals surface area (Å²) in [6, 6.07) is 7.73. The quantitative estimate of drug-likeness (QED) is 0.732. The third kappa shape index (κ3) is 4.20. The topological polar surface area (TPSA) is 75.6 Å². The molecule has 1 saturated heterocycles. The summed E-state index contributed by atoms with van der Waals surface area (Å²) < 4.78 is 5.47. The first-order chi connectivity index (χ1) is 15.2. The van der Waals surface area contributed by atoms with Gasteiger partial charge in [-0.3, -0.25) is 14.5 Å². The zero-order valence-electron chi connectivity index (χ0n) is 19.6. The molecule has 32 heavy (non-hydrogen) atoms. The SMILES string of the molecule is COc1ccccc1CN1C(=O)Cc2c(C)nc([C@@H]3CCCN(C(=O)C(C)(C)C)C3)nc21. The highest BCUT2D eigenvalue weighted by atomic mass is 16.5. The van der Waals surface area contributed by atoms with Crippen LogP contribution in [0.5, 0.6) is 5.75 Å². The van der Waals surface area contributed by atoms with Crippen LogP contribution in [0.25, 0.3) is 0 Å². The molecule has 1 atom stereocenters. The maximum atomic E-state index is 12.9. The van der Waals surface area contributed by atoms with E-state index in [0.717, 1.165) is 47.8 Å². The van der Waals surface area contributed by atoms with Gasteiger partial charge in [0.05, 0.1) is 20.1 Å². The smallest absolute Gasteiger partial charge is 0.233 e. The van der Waals surface area contributed by atoms with E-state index in [9.17, 15) is 9.59 Å². The normalized spacial score (nSPS) is 18.7. The molecule has 1 aromatic carbocycles. The molecule has 1 fully saturated rings. The second kappa shape index (κ2) is 8.52. The summed E-state index contributed by atoms with van der Waals surface area (Å²) in [6.07, 6.45) is 2.18. The summed E-state index contributed by atoms with van der Waals surface area (Å²) in [5.74, 6) is 2.43. The van der Waals surface area contributed by atoms with Crippen LogP contribution in [-0.2, 0) is 22.6 Å². The number of amides is 2. The van der Waals surface area contributed by atoms with Crippen molar-refractivity contribution in [2.45, 2.75) is 59.4 Å². The number of benzene rings is 1. The first-order valence-electron chi connectivity index (χ1n) is 11.3. The van der Waals surface area contributed by atoms with Crippen LogP contribution in [-0.4, -0.2) is 46.9 Å². The number of anilines is 1. The molecule has 2 aliphatic rings. The minimum atomic E-state index is -0.408. The lowest BCUT2D eigenvalue weighted by Crippen LogP contribution is -2.45. The number of carbonyl (C=O) groups excluding carboxylic acids is 2. The van der Waals surface area contributed by atoms with Gasteiger partial charge in [0.1, 0.15) is 17.4 Å². The van der Waals surface area contributed by atoms with Gasteiger partial charge in [-0.25, -0.2) is 9.97 Å². The van der Waals surface area contributed by atoms with Gasteiger partial charge in [-0.15, -0.1) is 0 Å². The number of fused-ring (bicyclic) bond motifs is 1. The molecular weight excluding hydrogens is 404 g/mol. The van der Waals surface area contributed by atoms with Crippen LogP contribution in [0, 0.1) is 12.3 Å². The molecule has 2 aromatic rings. The summed E-state index contributed by atoms with van der Waals surface area (Å²) >= 11 is 0. The second-order valence-electron chi connectivity index (χ2n) is 9.78. The number of aromatic nitrogens is 2. The molecule has 4 rings (SSSR count). The Labute approximate surface area is 189 Å². The number of hydrogen-bond acceptors (Lipinski definition) is 5. The highest BCUT2D eigenvalue weighted by molar-refractivity contribution is 6.00. The predicted molar refractivity (Wildman–Crippen MR) is 123 cm³/mol. The zero-order valence-corrected chi connectivity index (χ0v) is 19.6. The Morgan fingerprint density at radius 2 is 1.97 bits per heavy atom. The number of para-hydroxylation sites is 1. The second-order valence-corrected chi connectivity index (χ2v) is 9.78. The summed E-state index contributed by atoms with van der Waals surface area (Å²) in [7, 11) is 1.64. The maximum absolute atomic E-state index is 12.9. The summed E-state index contributed by atoms with van der Waals surface area (Å²) in [5, 5.41) is 0. The monoisotopic (exact) mass is 436 g/mol. The minimum absolute atomic E-state index is 0.0219. The summed E-state index contributed by atoms with van der Waals surface area (Å²) in [5.41, 5.74) is 2.27. The van der Waals surface area contributed by atoms with Crippen molar-refractivity contribution in [1.29, 1.82) is 0 Å². The van der Waals surface area contributed by atoms with E-state index in [0.29, 0.717) is 25.3 Å². The van der Waals surface area contributed by atoms with E-state index in [4.69, 9.17) is 14.7 Å². The first kappa shape index (κ1) is 22.2. The van der Waals surface area contributed by atoms with E-state index in [-0.39, 0.29) is 17.7 Å². The van der Waals surface area contributed by atoms with Gasteiger partial charge < -0.3 is 9.64 Å². The number of rotatable bonds is 4. The van der Waals surface area contributed by atoms with Crippen LogP contribution in [0.15, 0.2) is 24.3 Å². The van der Waals surface area contributed by atoms with Crippen molar-refractivity contribution in [1.82, 2.24) is 14.9 Å². The van der Waals surface area contributed by atoms with Gasteiger partial charge in [0, 0.05) is 41.2 Å². The molecule has 0 saturated carbocycles. The van der Waals surface area contributed by atoms with Crippen molar-refractivity contribution in [2.75, 3.05) is 25.1 Å². The Morgan fingerprint density at radius 1 is 1.22 bits per heavy atom. The Kier molecular flexibility index (Phi) is 5.93. The number of piperidine rings is 1. The molecule has 170 valence electrons. The molecule has 0 bridgehead atoms. The van der Waals surface area contributed by atoms with E-state index >= 15 is 0 Å². The van der Waals surface area contributed by atoms with Gasteiger partial charge in [-0.05, 0) is 25.8 Å². The third-order valence-electron chi connectivity index (χ3n) is 6.33. The minimum Gasteiger partial charge on any atom is -0.496 e. The molecule has 3 heterocycles. The third-order valence-corrected chi connectivity index (χ3v) is 6.33. The van der Waals surface area contributed by atoms with Crippen molar-refractivity contribution < 1.29 is 14.3 Å². The Hall–Kier alpha value is -2.96. The van der Waals surface area contributed by atoms with Gasteiger partial charge in [0.25, 0.3) is 0 Å². The molecule has 0 radical (unpaired) electrons. The standard InChI is InChI=1S/C25H32N4O3/c1-16-19-13-21(30)29(15-17-9-6-7-11-20(17)32-5)23(19)27-22(26-16)18-10-8-12-28(14-18)24(31)25(2,3)4/h6-7,9,11,18H,8,10,12-15H2,1-5H3/t18-/m1/s1. The average molecular weight is 437 g/mol. The molecule has 2 amide bonds. The Morgan fingerprint density at radius 3 is 2.69 bits per heavy atom. The lowest BCUT2D eigenvalue weighted by Gasteiger charge is -2.36. The average Bonchev–Trinajstić information content (AvgIpc) is 3.09. The number of aryl methyl sites for hydroxylation is 1. The van der Waals surface area contributed by atoms with Crippen LogP contribution in [0.1, 0.15) is 62.2 Å². The molecule has 0 unspecified atom stereocenters. The van der Waals surface area contributed by atoms with Gasteiger partial charge >= 0.3 is 0 Å². The van der Waals surface area contributed by atoms with Crippen molar-refractivity contribution in [3.63, 3.8) is 0 Å². The molecule has 2 aliphatic heterocycles. The number of nitrogens with zero attached hydrogens (tertiary/aromatic N) is 4. The number of ether oxygens (including phenoxy) is 1. The molecule has 7 heteroatoms. The van der Waals surface area contributed by atoms with Gasteiger partial charge in [-0.2, -0.15) is 0 Å². The lowest BCUT2D eigenvalue weighted by atomic mass is 9.91. The molecular formula is C25H32N4O3. The van der Waals surface area contributed by atoms with Crippen LogP contribution in [0.3, 0.4) is 0 Å². The fourth-order valence-corrected chi connectivity index (χ4v) is 4.59. The zero-order chi connectivity index (χ0) is 23.0. The number of methoxy groups -OCH3 is 1. The molecule has 1 aromatic heterocycles. The van der Waals surface area contributed by atoms with E-state index in [1.54, 1.807) is 12.0 Å². The van der Waals surface area contributed by atoms with E-state index < -0.39 is 5.41 Å². The first-order valence-corrected chi connectivity index (χ1v) is 11.3. The molecule has 7 nitrogen and oxygen atoms in total. The molecule has 0 aliphatic carbocycles. The predicted octanol–water partition coefficient (Wildman–Crippen LogP) is 3.64. The van der Waals surface area contributed by atoms with Crippen molar-refractivity contribution in [3.05, 3.63) is 46.9 Å². The van der Waals surface area contributed by atoms with Gasteiger partial charge in [0.15, 0.2) is 0 Å². The maximum Gasteiger partial charge on any atom is 0.233 e. The van der Waals surface area contributed by atoms with E-state index in [2.05, 4.69) is 0 Å². The fourth-order valence-electron chi connectivity index (χ4n) is 4.59. The summed E-state index contributed by atoms with van der Waals surface area (Å²) in [4.78, 5) is 39.1. The molecule has 0 spiro atoms. The van der Waals surface area contributed by atoms with Crippen molar-refractivity contribution in [3.8, 4) is 5.75 Å². The van der Waals surface area contributed by atoms with E-state index in [1.807, 2.05) is 56.9 Å². The fraction of sp³-hybridized carbons (Fsp3) is 0.520. The molecule has 0 N–H and O–H groups in total. The van der Waals surface area contributed by atoms with Gasteiger partial charge in [-0.1, -0.05) is 39.0 Å². The number of hydrogen-bond donors (Lipinski definition) is 0. The summed E-state index contributed by atoms with van der Waals surface area (Å²) in [6.45, 7) is 9.61. The van der Waals surface area contributed by atoms with Crippen molar-refractivity contribution >= 4 is 17.6 Å². The van der Waals surface area contributed by atoms with Crippen LogP contribution in [0.4, 0.5) is 5.82 Å². The number of likely N-dealkylation sites (tertiary alicyclic amines) is 1. The number of carbonyl (C=O) groups is 2. The largest absolute Gasteiger partial charge is 0.496 e. The van der Waals surface area contributed by atoms with E-state index in [1.165, 1.54) is 0 Å².